The first-order valence-electron chi connectivity index (χ1n) is 24.3. The molecule has 13 aromatic carbocycles. The molecule has 0 aliphatic carbocycles. The Balaban J connectivity index is 1.29. The molecular formula is C70H46. The second-order valence-electron chi connectivity index (χ2n) is 18.2. The van der Waals surface area contributed by atoms with Gasteiger partial charge in [-0.05, 0) is 144 Å². The van der Waals surface area contributed by atoms with Crippen molar-refractivity contribution in [2.75, 3.05) is 0 Å². The first-order valence-corrected chi connectivity index (χ1v) is 24.3. The smallest absolute Gasteiger partial charge is 0.00199 e. The predicted molar refractivity (Wildman–Crippen MR) is 300 cm³/mol. The first-order chi connectivity index (χ1) is 34.8. The summed E-state index contributed by atoms with van der Waals surface area (Å²) in [5.41, 5.74) is 19.3. The number of hydrogen-bond acceptors (Lipinski definition) is 0. The Morgan fingerprint density at radius 3 is 0.514 bits per heavy atom. The van der Waals surface area contributed by atoms with Crippen molar-refractivity contribution in [1.29, 1.82) is 0 Å². The SMILES string of the molecule is c1ccc(-c2ccccc2-c2c3ccccc3c(-c3ccccc3-c3ccccc3)c3cc4c(-c5ccccc5-c5ccccc5)c5ccccc5c(-c5ccccc5-c5ccccc5)c4cc23)cc1. The number of fused-ring (bicyclic) bond motifs is 4. The summed E-state index contributed by atoms with van der Waals surface area (Å²) in [6.07, 6.45) is 0. The summed E-state index contributed by atoms with van der Waals surface area (Å²) in [5, 5.41) is 9.72. The van der Waals surface area contributed by atoms with Crippen molar-refractivity contribution in [3.05, 3.63) is 279 Å². The summed E-state index contributed by atoms with van der Waals surface area (Å²) in [5.74, 6) is 0. The van der Waals surface area contributed by atoms with Crippen molar-refractivity contribution in [3.63, 3.8) is 0 Å². The fourth-order valence-corrected chi connectivity index (χ4v) is 11.3. The third kappa shape index (κ3) is 6.92. The van der Waals surface area contributed by atoms with Gasteiger partial charge in [0.2, 0.25) is 0 Å². The highest BCUT2D eigenvalue weighted by atomic mass is 14.3. The van der Waals surface area contributed by atoms with Gasteiger partial charge in [0.1, 0.15) is 0 Å². The molecule has 0 fully saturated rings. The maximum absolute atomic E-state index is 2.57. The minimum absolute atomic E-state index is 1.19. The summed E-state index contributed by atoms with van der Waals surface area (Å²) in [6, 6.07) is 103. The van der Waals surface area contributed by atoms with E-state index in [9.17, 15) is 0 Å². The van der Waals surface area contributed by atoms with Crippen molar-refractivity contribution in [2.45, 2.75) is 0 Å². The van der Waals surface area contributed by atoms with Crippen LogP contribution in [0.4, 0.5) is 0 Å². The van der Waals surface area contributed by atoms with Gasteiger partial charge in [0, 0.05) is 0 Å². The molecule has 0 unspecified atom stereocenters. The van der Waals surface area contributed by atoms with E-state index in [2.05, 4.69) is 279 Å². The summed E-state index contributed by atoms with van der Waals surface area (Å²) < 4.78 is 0. The fourth-order valence-electron chi connectivity index (χ4n) is 11.3. The second kappa shape index (κ2) is 17.5. The molecule has 0 bridgehead atoms. The lowest BCUT2D eigenvalue weighted by Gasteiger charge is -2.25. The topological polar surface area (TPSA) is 0 Å². The van der Waals surface area contributed by atoms with Gasteiger partial charge in [-0.1, -0.05) is 267 Å². The van der Waals surface area contributed by atoms with Gasteiger partial charge >= 0.3 is 0 Å². The third-order valence-corrected chi connectivity index (χ3v) is 14.3. The molecule has 70 heavy (non-hydrogen) atoms. The zero-order valence-corrected chi connectivity index (χ0v) is 38.6. The maximum atomic E-state index is 2.57. The standard InChI is InChI=1S/C70H46/c1-5-25-47(26-6-1)51-33-13-17-37-55(51)67-59-41-21-22-42-60(59)68(56-38-18-14-34-52(56)48-27-7-2-8-28-48)64-46-66-65(45-63(64)67)69(57-39-19-15-35-53(57)49-29-9-3-10-30-49)61-43-23-24-44-62(61)70(66)58-40-20-16-36-54(58)50-31-11-4-12-32-50/h1-46H. The van der Waals surface area contributed by atoms with Gasteiger partial charge in [-0.2, -0.15) is 0 Å². The molecule has 0 radical (unpaired) electrons. The predicted octanol–water partition coefficient (Wildman–Crippen LogP) is 19.6. The zero-order chi connectivity index (χ0) is 46.4. The largest absolute Gasteiger partial charge is 0.0622 e. The van der Waals surface area contributed by atoms with E-state index in [0.717, 1.165) is 0 Å². The highest BCUT2D eigenvalue weighted by Crippen LogP contribution is 2.53. The van der Waals surface area contributed by atoms with E-state index in [-0.39, 0.29) is 0 Å². The van der Waals surface area contributed by atoms with Crippen LogP contribution in [0.15, 0.2) is 279 Å². The number of benzene rings is 13. The average Bonchev–Trinajstić information content (AvgIpc) is 3.44. The monoisotopic (exact) mass is 886 g/mol. The van der Waals surface area contributed by atoms with E-state index in [1.54, 1.807) is 0 Å². The second-order valence-corrected chi connectivity index (χ2v) is 18.2. The van der Waals surface area contributed by atoms with E-state index >= 15 is 0 Å². The quantitative estimate of drug-likeness (QED) is 0.133. The molecule has 13 rings (SSSR count). The Kier molecular flexibility index (Phi) is 10.3. The maximum Gasteiger partial charge on any atom is -0.00199 e. The summed E-state index contributed by atoms with van der Waals surface area (Å²) in [4.78, 5) is 0. The molecule has 0 saturated heterocycles. The normalized spacial score (nSPS) is 11.4. The molecule has 13 aromatic rings. The molecule has 0 amide bonds. The minimum Gasteiger partial charge on any atom is -0.0622 e. The third-order valence-electron chi connectivity index (χ3n) is 14.3. The van der Waals surface area contributed by atoms with Crippen molar-refractivity contribution >= 4 is 43.1 Å². The van der Waals surface area contributed by atoms with Crippen molar-refractivity contribution in [3.8, 4) is 89.0 Å². The van der Waals surface area contributed by atoms with Crippen LogP contribution in [0.1, 0.15) is 0 Å². The Hall–Kier alpha value is -9.10. The highest BCUT2D eigenvalue weighted by Gasteiger charge is 2.26. The first kappa shape index (κ1) is 41.1. The molecule has 0 saturated carbocycles. The number of hydrogen-bond donors (Lipinski definition) is 0. The van der Waals surface area contributed by atoms with E-state index in [0.29, 0.717) is 0 Å². The Bertz CT molecular complexity index is 3540. The van der Waals surface area contributed by atoms with Crippen LogP contribution in [0, 0.1) is 0 Å². The lowest BCUT2D eigenvalue weighted by Crippen LogP contribution is -1.97. The van der Waals surface area contributed by atoms with Crippen molar-refractivity contribution in [2.24, 2.45) is 0 Å². The molecule has 0 N–H and O–H groups in total. The molecular weight excluding hydrogens is 841 g/mol. The van der Waals surface area contributed by atoms with Crippen LogP contribution in [0.3, 0.4) is 0 Å². The van der Waals surface area contributed by atoms with Gasteiger partial charge in [0.05, 0.1) is 0 Å². The molecule has 0 aliphatic rings. The summed E-state index contributed by atoms with van der Waals surface area (Å²) in [6.45, 7) is 0. The summed E-state index contributed by atoms with van der Waals surface area (Å²) >= 11 is 0. The van der Waals surface area contributed by atoms with Crippen LogP contribution in [-0.4, -0.2) is 0 Å². The van der Waals surface area contributed by atoms with Crippen LogP contribution in [0.5, 0.6) is 0 Å². The average molecular weight is 887 g/mol. The Morgan fingerprint density at radius 2 is 0.300 bits per heavy atom. The van der Waals surface area contributed by atoms with Crippen LogP contribution >= 0.6 is 0 Å². The van der Waals surface area contributed by atoms with Crippen molar-refractivity contribution < 1.29 is 0 Å². The molecule has 0 atom stereocenters. The zero-order valence-electron chi connectivity index (χ0n) is 38.6. The van der Waals surface area contributed by atoms with E-state index in [1.165, 1.54) is 132 Å². The fraction of sp³-hybridized carbons (Fsp3) is 0. The molecule has 326 valence electrons. The lowest BCUT2D eigenvalue weighted by molar-refractivity contribution is 1.59. The lowest BCUT2D eigenvalue weighted by atomic mass is 9.78. The van der Waals surface area contributed by atoms with Crippen molar-refractivity contribution in [1.82, 2.24) is 0 Å². The van der Waals surface area contributed by atoms with Gasteiger partial charge in [0.25, 0.3) is 0 Å². The Labute approximate surface area is 409 Å². The van der Waals surface area contributed by atoms with Crippen LogP contribution < -0.4 is 0 Å². The van der Waals surface area contributed by atoms with E-state index in [4.69, 9.17) is 0 Å². The molecule has 0 heteroatoms. The van der Waals surface area contributed by atoms with Crippen LogP contribution in [0.25, 0.3) is 132 Å². The minimum atomic E-state index is 1.19. The molecule has 0 heterocycles. The van der Waals surface area contributed by atoms with Gasteiger partial charge in [-0.25, -0.2) is 0 Å². The van der Waals surface area contributed by atoms with Crippen LogP contribution in [-0.2, 0) is 0 Å². The van der Waals surface area contributed by atoms with E-state index < -0.39 is 0 Å². The van der Waals surface area contributed by atoms with Gasteiger partial charge < -0.3 is 0 Å². The van der Waals surface area contributed by atoms with Gasteiger partial charge in [-0.15, -0.1) is 0 Å². The molecule has 0 nitrogen and oxygen atoms in total. The highest BCUT2D eigenvalue weighted by molar-refractivity contribution is 6.30. The number of rotatable bonds is 8. The Morgan fingerprint density at radius 1 is 0.129 bits per heavy atom. The van der Waals surface area contributed by atoms with Gasteiger partial charge in [-0.3, -0.25) is 0 Å². The van der Waals surface area contributed by atoms with Gasteiger partial charge in [0.15, 0.2) is 0 Å². The van der Waals surface area contributed by atoms with E-state index in [1.807, 2.05) is 0 Å². The molecule has 0 aromatic heterocycles. The summed E-state index contributed by atoms with van der Waals surface area (Å²) in [7, 11) is 0. The molecule has 0 aliphatic heterocycles. The molecule has 0 spiro atoms. The van der Waals surface area contributed by atoms with Crippen LogP contribution in [0.2, 0.25) is 0 Å².